The Bertz CT molecular complexity index is 473. The second kappa shape index (κ2) is 3.29. The van der Waals surface area contributed by atoms with E-state index in [-0.39, 0.29) is 11.5 Å². The standard InChI is InChI=1S/C8H7NO3S/c9-11-4-5-2-1-3-6-7(5)12-8(10)13-6/h1-3H,4,9H2. The molecule has 0 saturated heterocycles. The summed E-state index contributed by atoms with van der Waals surface area (Å²) in [6.07, 6.45) is 0. The van der Waals surface area contributed by atoms with E-state index in [1.54, 1.807) is 0 Å². The minimum Gasteiger partial charge on any atom is -0.414 e. The normalized spacial score (nSPS) is 10.8. The van der Waals surface area contributed by atoms with Crippen LogP contribution in [0.25, 0.3) is 10.3 Å². The highest BCUT2D eigenvalue weighted by molar-refractivity contribution is 7.16. The molecule has 1 aromatic carbocycles. The molecule has 1 aromatic heterocycles. The Balaban J connectivity index is 2.67. The molecule has 0 aliphatic carbocycles. The van der Waals surface area contributed by atoms with Gasteiger partial charge in [0.25, 0.3) is 0 Å². The minimum absolute atomic E-state index is 0.247. The van der Waals surface area contributed by atoms with Crippen LogP contribution in [0.15, 0.2) is 27.4 Å². The third-order valence-electron chi connectivity index (χ3n) is 1.68. The van der Waals surface area contributed by atoms with E-state index in [9.17, 15) is 4.79 Å². The molecule has 0 aliphatic heterocycles. The summed E-state index contributed by atoms with van der Waals surface area (Å²) in [5.41, 5.74) is 1.36. The van der Waals surface area contributed by atoms with Crippen LogP contribution in [0.2, 0.25) is 0 Å². The Morgan fingerprint density at radius 2 is 2.38 bits per heavy atom. The zero-order valence-corrected chi connectivity index (χ0v) is 7.47. The lowest BCUT2D eigenvalue weighted by Crippen LogP contribution is -1.98. The van der Waals surface area contributed by atoms with Gasteiger partial charge in [0.05, 0.1) is 11.3 Å². The Hall–Kier alpha value is -1.17. The molecule has 2 aromatic rings. The molecule has 0 unspecified atom stereocenters. The second-order valence-electron chi connectivity index (χ2n) is 2.51. The number of hydrogen-bond acceptors (Lipinski definition) is 5. The average molecular weight is 197 g/mol. The first kappa shape index (κ1) is 8.43. The molecule has 0 aliphatic rings. The topological polar surface area (TPSA) is 65.5 Å². The van der Waals surface area contributed by atoms with E-state index in [4.69, 9.17) is 10.3 Å². The van der Waals surface area contributed by atoms with Crippen molar-refractivity contribution < 1.29 is 9.25 Å². The van der Waals surface area contributed by atoms with Gasteiger partial charge in [0.1, 0.15) is 0 Å². The smallest absolute Gasteiger partial charge is 0.396 e. The first-order valence-electron chi connectivity index (χ1n) is 3.64. The van der Waals surface area contributed by atoms with Gasteiger partial charge in [0.15, 0.2) is 5.58 Å². The zero-order valence-electron chi connectivity index (χ0n) is 6.65. The summed E-state index contributed by atoms with van der Waals surface area (Å²) in [6.45, 7) is 0.247. The summed E-state index contributed by atoms with van der Waals surface area (Å²) in [5.74, 6) is 4.94. The van der Waals surface area contributed by atoms with Crippen LogP contribution in [0.5, 0.6) is 0 Å². The van der Waals surface area contributed by atoms with Crippen molar-refractivity contribution in [3.05, 3.63) is 33.5 Å². The average Bonchev–Trinajstić information content (AvgIpc) is 2.47. The molecule has 0 radical (unpaired) electrons. The van der Waals surface area contributed by atoms with E-state index < -0.39 is 0 Å². The van der Waals surface area contributed by atoms with Gasteiger partial charge in [0, 0.05) is 5.56 Å². The lowest BCUT2D eigenvalue weighted by Gasteiger charge is -1.97. The fourth-order valence-electron chi connectivity index (χ4n) is 1.15. The highest BCUT2D eigenvalue weighted by Crippen LogP contribution is 2.20. The molecule has 1 heterocycles. The molecular formula is C8H7NO3S. The third-order valence-corrected chi connectivity index (χ3v) is 2.47. The van der Waals surface area contributed by atoms with Crippen molar-refractivity contribution in [2.75, 3.05) is 0 Å². The van der Waals surface area contributed by atoms with Crippen molar-refractivity contribution in [3.8, 4) is 0 Å². The number of para-hydroxylation sites is 1. The Kier molecular flexibility index (Phi) is 2.13. The van der Waals surface area contributed by atoms with Crippen molar-refractivity contribution in [3.63, 3.8) is 0 Å². The fraction of sp³-hybridized carbons (Fsp3) is 0.125. The molecule has 4 nitrogen and oxygen atoms in total. The van der Waals surface area contributed by atoms with E-state index in [0.717, 1.165) is 21.6 Å². The van der Waals surface area contributed by atoms with Crippen LogP contribution in [0.4, 0.5) is 0 Å². The molecule has 0 spiro atoms. The second-order valence-corrected chi connectivity index (χ2v) is 3.49. The summed E-state index contributed by atoms with van der Waals surface area (Å²) < 4.78 is 5.80. The zero-order chi connectivity index (χ0) is 9.26. The van der Waals surface area contributed by atoms with Gasteiger partial charge in [-0.3, -0.25) is 4.84 Å². The number of nitrogens with two attached hydrogens (primary N) is 1. The number of benzene rings is 1. The van der Waals surface area contributed by atoms with Crippen molar-refractivity contribution in [1.82, 2.24) is 0 Å². The number of hydrogen-bond donors (Lipinski definition) is 1. The molecule has 0 fully saturated rings. The van der Waals surface area contributed by atoms with Gasteiger partial charge < -0.3 is 4.42 Å². The summed E-state index contributed by atoms with van der Waals surface area (Å²) in [4.78, 5) is 15.1. The maximum atomic E-state index is 10.9. The van der Waals surface area contributed by atoms with Gasteiger partial charge in [-0.1, -0.05) is 23.5 Å². The SMILES string of the molecule is NOCc1cccc2sc(=O)oc12. The van der Waals surface area contributed by atoms with Crippen molar-refractivity contribution in [2.24, 2.45) is 5.90 Å². The summed E-state index contributed by atoms with van der Waals surface area (Å²) in [7, 11) is 0. The van der Waals surface area contributed by atoms with Gasteiger partial charge in [-0.05, 0) is 6.07 Å². The number of rotatable bonds is 2. The lowest BCUT2D eigenvalue weighted by molar-refractivity contribution is 0.124. The molecule has 5 heteroatoms. The lowest BCUT2D eigenvalue weighted by atomic mass is 10.2. The maximum Gasteiger partial charge on any atom is 0.396 e. The van der Waals surface area contributed by atoms with E-state index >= 15 is 0 Å². The van der Waals surface area contributed by atoms with Crippen molar-refractivity contribution in [2.45, 2.75) is 6.61 Å². The van der Waals surface area contributed by atoms with Crippen LogP contribution in [0.3, 0.4) is 0 Å². The van der Waals surface area contributed by atoms with Crippen LogP contribution in [0.1, 0.15) is 5.56 Å². The monoisotopic (exact) mass is 197 g/mol. The van der Waals surface area contributed by atoms with Gasteiger partial charge >= 0.3 is 4.94 Å². The molecule has 0 atom stereocenters. The number of fused-ring (bicyclic) bond motifs is 1. The first-order chi connectivity index (χ1) is 6.31. The van der Waals surface area contributed by atoms with Gasteiger partial charge in [-0.2, -0.15) is 0 Å². The summed E-state index contributed by atoms with van der Waals surface area (Å²) in [5, 5.41) is 0. The molecule has 68 valence electrons. The predicted molar refractivity (Wildman–Crippen MR) is 49.3 cm³/mol. The first-order valence-corrected chi connectivity index (χ1v) is 4.46. The van der Waals surface area contributed by atoms with Crippen LogP contribution in [-0.4, -0.2) is 0 Å². The van der Waals surface area contributed by atoms with Crippen molar-refractivity contribution >= 4 is 21.6 Å². The highest BCUT2D eigenvalue weighted by Gasteiger charge is 2.06. The Labute approximate surface area is 77.5 Å². The molecule has 0 bridgehead atoms. The molecule has 0 amide bonds. The van der Waals surface area contributed by atoms with E-state index in [0.29, 0.717) is 5.58 Å². The van der Waals surface area contributed by atoms with Crippen LogP contribution < -0.4 is 10.8 Å². The third kappa shape index (κ3) is 1.49. The quantitative estimate of drug-likeness (QED) is 0.736. The van der Waals surface area contributed by atoms with E-state index in [2.05, 4.69) is 4.84 Å². The Morgan fingerprint density at radius 3 is 3.15 bits per heavy atom. The van der Waals surface area contributed by atoms with Crippen LogP contribution in [0, 0.1) is 0 Å². The fourth-order valence-corrected chi connectivity index (χ4v) is 1.87. The van der Waals surface area contributed by atoms with E-state index in [1.165, 1.54) is 0 Å². The molecule has 13 heavy (non-hydrogen) atoms. The maximum absolute atomic E-state index is 10.9. The van der Waals surface area contributed by atoms with Gasteiger partial charge in [0.2, 0.25) is 0 Å². The minimum atomic E-state index is -0.306. The van der Waals surface area contributed by atoms with Crippen LogP contribution in [-0.2, 0) is 11.4 Å². The van der Waals surface area contributed by atoms with Gasteiger partial charge in [-0.15, -0.1) is 0 Å². The molecular weight excluding hydrogens is 190 g/mol. The Morgan fingerprint density at radius 1 is 1.54 bits per heavy atom. The largest absolute Gasteiger partial charge is 0.414 e. The molecule has 0 saturated carbocycles. The van der Waals surface area contributed by atoms with Crippen molar-refractivity contribution in [1.29, 1.82) is 0 Å². The van der Waals surface area contributed by atoms with Crippen LogP contribution >= 0.6 is 11.3 Å². The predicted octanol–water partition coefficient (Wildman–Crippen LogP) is 1.24. The molecule has 2 N–H and O–H groups in total. The van der Waals surface area contributed by atoms with E-state index in [1.807, 2.05) is 18.2 Å². The summed E-state index contributed by atoms with van der Waals surface area (Å²) in [6, 6.07) is 5.47. The van der Waals surface area contributed by atoms with Gasteiger partial charge in [-0.25, -0.2) is 10.7 Å². The summed E-state index contributed by atoms with van der Waals surface area (Å²) >= 11 is 1.07. The highest BCUT2D eigenvalue weighted by atomic mass is 32.1. The molecule has 2 rings (SSSR count).